The second-order valence-corrected chi connectivity index (χ2v) is 3.93. The Morgan fingerprint density at radius 2 is 2.27 bits per heavy atom. The highest BCUT2D eigenvalue weighted by atomic mass is 19.1. The number of benzene rings is 1. The molecule has 0 aliphatic carbocycles. The Balaban J connectivity index is 1.99. The normalized spacial score (nSPS) is 23.4. The van der Waals surface area contributed by atoms with Crippen LogP contribution >= 0.6 is 0 Å². The van der Waals surface area contributed by atoms with Crippen LogP contribution in [0.15, 0.2) is 12.1 Å². The van der Waals surface area contributed by atoms with Crippen LogP contribution in [0.2, 0.25) is 0 Å². The van der Waals surface area contributed by atoms with E-state index in [4.69, 9.17) is 9.47 Å². The molecule has 1 saturated heterocycles. The van der Waals surface area contributed by atoms with Gasteiger partial charge in [-0.1, -0.05) is 0 Å². The standard InChI is InChI=1S/C11H12FNO2/c12-9-3-8(7-1-2-13-5-7)4-10-11(9)15-6-14-10/h3-4,7,13H,1-2,5-6H2. The monoisotopic (exact) mass is 209 g/mol. The van der Waals surface area contributed by atoms with Gasteiger partial charge in [-0.3, -0.25) is 0 Å². The van der Waals surface area contributed by atoms with Gasteiger partial charge >= 0.3 is 0 Å². The minimum atomic E-state index is -0.313. The van der Waals surface area contributed by atoms with E-state index in [1.807, 2.05) is 6.07 Å². The largest absolute Gasteiger partial charge is 0.453 e. The second-order valence-electron chi connectivity index (χ2n) is 3.93. The Labute approximate surface area is 87.2 Å². The SMILES string of the molecule is Fc1cc(C2CCNC2)cc2c1OCO2. The predicted octanol–water partition coefficient (Wildman–Crippen LogP) is 1.63. The molecule has 1 aromatic carbocycles. The third-order valence-electron chi connectivity index (χ3n) is 2.98. The average Bonchev–Trinajstić information content (AvgIpc) is 2.88. The zero-order chi connectivity index (χ0) is 10.3. The Hall–Kier alpha value is -1.29. The quantitative estimate of drug-likeness (QED) is 0.762. The molecule has 0 aromatic heterocycles. The summed E-state index contributed by atoms with van der Waals surface area (Å²) in [4.78, 5) is 0. The zero-order valence-corrected chi connectivity index (χ0v) is 8.25. The van der Waals surface area contributed by atoms with Crippen molar-refractivity contribution in [3.8, 4) is 11.5 Å². The number of halogens is 1. The van der Waals surface area contributed by atoms with Gasteiger partial charge in [0.05, 0.1) is 0 Å². The maximum absolute atomic E-state index is 13.6. The maximum atomic E-state index is 13.6. The first-order chi connectivity index (χ1) is 7.34. The van der Waals surface area contributed by atoms with E-state index in [-0.39, 0.29) is 18.4 Å². The Bertz CT molecular complexity index is 388. The van der Waals surface area contributed by atoms with Gasteiger partial charge in [-0.15, -0.1) is 0 Å². The Morgan fingerprint density at radius 3 is 3.07 bits per heavy atom. The summed E-state index contributed by atoms with van der Waals surface area (Å²) >= 11 is 0. The van der Waals surface area contributed by atoms with Crippen LogP contribution in [0.25, 0.3) is 0 Å². The van der Waals surface area contributed by atoms with Crippen LogP contribution in [0.5, 0.6) is 11.5 Å². The molecule has 1 N–H and O–H groups in total. The van der Waals surface area contributed by atoms with E-state index in [9.17, 15) is 4.39 Å². The van der Waals surface area contributed by atoms with Crippen LogP contribution < -0.4 is 14.8 Å². The molecule has 3 nitrogen and oxygen atoms in total. The molecule has 0 amide bonds. The van der Waals surface area contributed by atoms with Crippen LogP contribution in [-0.4, -0.2) is 19.9 Å². The van der Waals surface area contributed by atoms with Gasteiger partial charge in [0.15, 0.2) is 11.6 Å². The predicted molar refractivity (Wildman–Crippen MR) is 52.8 cm³/mol. The van der Waals surface area contributed by atoms with Gasteiger partial charge in [-0.2, -0.15) is 0 Å². The minimum Gasteiger partial charge on any atom is -0.453 e. The molecular weight excluding hydrogens is 197 g/mol. The van der Waals surface area contributed by atoms with Gasteiger partial charge in [0, 0.05) is 6.54 Å². The van der Waals surface area contributed by atoms with E-state index in [0.29, 0.717) is 11.7 Å². The second kappa shape index (κ2) is 3.38. The summed E-state index contributed by atoms with van der Waals surface area (Å²) in [6.45, 7) is 2.04. The van der Waals surface area contributed by atoms with Crippen molar-refractivity contribution >= 4 is 0 Å². The van der Waals surface area contributed by atoms with Crippen molar-refractivity contribution in [2.24, 2.45) is 0 Å². The van der Waals surface area contributed by atoms with E-state index in [0.717, 1.165) is 25.1 Å². The summed E-state index contributed by atoms with van der Waals surface area (Å²) in [7, 11) is 0. The fourth-order valence-electron chi connectivity index (χ4n) is 2.16. The van der Waals surface area contributed by atoms with Crippen molar-refractivity contribution < 1.29 is 13.9 Å². The van der Waals surface area contributed by atoms with Crippen LogP contribution in [0.1, 0.15) is 17.9 Å². The van der Waals surface area contributed by atoms with Gasteiger partial charge in [0.25, 0.3) is 0 Å². The number of hydrogen-bond acceptors (Lipinski definition) is 3. The lowest BCUT2D eigenvalue weighted by Crippen LogP contribution is -2.08. The summed E-state index contributed by atoms with van der Waals surface area (Å²) in [5.74, 6) is 0.877. The lowest BCUT2D eigenvalue weighted by molar-refractivity contribution is 0.171. The first-order valence-corrected chi connectivity index (χ1v) is 5.14. The van der Waals surface area contributed by atoms with E-state index >= 15 is 0 Å². The molecule has 2 heterocycles. The van der Waals surface area contributed by atoms with E-state index in [2.05, 4.69) is 5.32 Å². The number of rotatable bonds is 1. The van der Waals surface area contributed by atoms with Crippen molar-refractivity contribution in [2.75, 3.05) is 19.9 Å². The summed E-state index contributed by atoms with van der Waals surface area (Å²) in [5.41, 5.74) is 1.00. The van der Waals surface area contributed by atoms with E-state index in [1.165, 1.54) is 0 Å². The minimum absolute atomic E-state index is 0.124. The molecule has 4 heteroatoms. The number of fused-ring (bicyclic) bond motifs is 1. The smallest absolute Gasteiger partial charge is 0.231 e. The number of hydrogen-bond donors (Lipinski definition) is 1. The molecular formula is C11H12FNO2. The molecule has 1 unspecified atom stereocenters. The summed E-state index contributed by atoms with van der Waals surface area (Å²) in [6, 6.07) is 3.45. The molecule has 2 aliphatic heterocycles. The Morgan fingerprint density at radius 1 is 1.33 bits per heavy atom. The van der Waals surface area contributed by atoms with Gasteiger partial charge in [0.1, 0.15) is 0 Å². The molecule has 0 spiro atoms. The molecule has 3 rings (SSSR count). The van der Waals surface area contributed by atoms with E-state index < -0.39 is 0 Å². The highest BCUT2D eigenvalue weighted by Gasteiger charge is 2.24. The molecule has 1 aromatic rings. The van der Waals surface area contributed by atoms with Gasteiger partial charge in [-0.25, -0.2) is 4.39 Å². The lowest BCUT2D eigenvalue weighted by atomic mass is 9.98. The van der Waals surface area contributed by atoms with Gasteiger partial charge < -0.3 is 14.8 Å². The van der Waals surface area contributed by atoms with Crippen molar-refractivity contribution in [1.82, 2.24) is 5.32 Å². The number of nitrogens with one attached hydrogen (secondary N) is 1. The summed E-state index contributed by atoms with van der Waals surface area (Å²) in [6.07, 6.45) is 1.05. The van der Waals surface area contributed by atoms with Crippen LogP contribution in [0, 0.1) is 5.82 Å². The van der Waals surface area contributed by atoms with Crippen LogP contribution in [0.4, 0.5) is 4.39 Å². The topological polar surface area (TPSA) is 30.5 Å². The fourth-order valence-corrected chi connectivity index (χ4v) is 2.16. The third-order valence-corrected chi connectivity index (χ3v) is 2.98. The third kappa shape index (κ3) is 1.45. The van der Waals surface area contributed by atoms with Crippen molar-refractivity contribution in [3.05, 3.63) is 23.5 Å². The molecule has 80 valence electrons. The van der Waals surface area contributed by atoms with Crippen LogP contribution in [-0.2, 0) is 0 Å². The molecule has 0 radical (unpaired) electrons. The molecule has 15 heavy (non-hydrogen) atoms. The lowest BCUT2D eigenvalue weighted by Gasteiger charge is -2.09. The van der Waals surface area contributed by atoms with Gasteiger partial charge in [-0.05, 0) is 36.6 Å². The first-order valence-electron chi connectivity index (χ1n) is 5.14. The summed E-state index contributed by atoms with van der Waals surface area (Å²) < 4.78 is 23.8. The summed E-state index contributed by atoms with van der Waals surface area (Å²) in [5, 5.41) is 3.26. The fraction of sp³-hybridized carbons (Fsp3) is 0.455. The zero-order valence-electron chi connectivity index (χ0n) is 8.25. The first kappa shape index (κ1) is 8.97. The maximum Gasteiger partial charge on any atom is 0.231 e. The Kier molecular flexibility index (Phi) is 2.02. The van der Waals surface area contributed by atoms with Crippen molar-refractivity contribution in [1.29, 1.82) is 0 Å². The van der Waals surface area contributed by atoms with E-state index in [1.54, 1.807) is 6.07 Å². The highest BCUT2D eigenvalue weighted by Crippen LogP contribution is 2.38. The van der Waals surface area contributed by atoms with Gasteiger partial charge in [0.2, 0.25) is 12.5 Å². The highest BCUT2D eigenvalue weighted by molar-refractivity contribution is 5.46. The van der Waals surface area contributed by atoms with Crippen molar-refractivity contribution in [3.63, 3.8) is 0 Å². The van der Waals surface area contributed by atoms with Crippen LogP contribution in [0.3, 0.4) is 0 Å². The molecule has 0 bridgehead atoms. The molecule has 1 atom stereocenters. The van der Waals surface area contributed by atoms with Crippen molar-refractivity contribution in [2.45, 2.75) is 12.3 Å². The molecule has 0 saturated carbocycles. The number of ether oxygens (including phenoxy) is 2. The molecule has 1 fully saturated rings. The average molecular weight is 209 g/mol. The molecule has 2 aliphatic rings.